The van der Waals surface area contributed by atoms with Crippen molar-refractivity contribution in [2.24, 2.45) is 0 Å². The van der Waals surface area contributed by atoms with Gasteiger partial charge in [-0.05, 0) is 57.4 Å². The van der Waals surface area contributed by atoms with Crippen LogP contribution in [0.15, 0.2) is 42.5 Å². The van der Waals surface area contributed by atoms with Gasteiger partial charge in [-0.1, -0.05) is 42.0 Å². The molecule has 2 rings (SSSR count). The first-order valence-corrected chi connectivity index (χ1v) is 12.7. The minimum atomic E-state index is -3.98. The van der Waals surface area contributed by atoms with Gasteiger partial charge in [0.25, 0.3) is 0 Å². The van der Waals surface area contributed by atoms with Crippen molar-refractivity contribution >= 4 is 27.7 Å². The summed E-state index contributed by atoms with van der Waals surface area (Å²) in [5.74, 6) is -0.762. The lowest BCUT2D eigenvalue weighted by atomic mass is 10.1. The molecule has 1 N–H and O–H groups in total. The van der Waals surface area contributed by atoms with Crippen molar-refractivity contribution in [1.82, 2.24) is 14.5 Å². The van der Waals surface area contributed by atoms with Crippen LogP contribution in [0.4, 0.5) is 5.69 Å². The standard InChI is InChI=1S/C25H36N4O4S/c1-8-26-25(31)21(5)28(16-22-13-10-18(2)11-14-22)24(30)17-29(34(32,33)27(6)7)23-15-19(3)9-12-20(23)4/h9-15,21H,8,16-17H2,1-7H3,(H,26,31)/t21-/m0/s1. The van der Waals surface area contributed by atoms with Crippen LogP contribution in [0.25, 0.3) is 0 Å². The van der Waals surface area contributed by atoms with E-state index in [-0.39, 0.29) is 12.5 Å². The van der Waals surface area contributed by atoms with E-state index in [0.29, 0.717) is 12.2 Å². The molecule has 0 aliphatic rings. The third kappa shape index (κ3) is 6.57. The number of anilines is 1. The first-order valence-electron chi connectivity index (χ1n) is 11.3. The van der Waals surface area contributed by atoms with Gasteiger partial charge in [-0.2, -0.15) is 12.7 Å². The molecule has 34 heavy (non-hydrogen) atoms. The van der Waals surface area contributed by atoms with E-state index in [9.17, 15) is 18.0 Å². The summed E-state index contributed by atoms with van der Waals surface area (Å²) in [5, 5.41) is 2.75. The Hall–Kier alpha value is -2.91. The van der Waals surface area contributed by atoms with E-state index in [1.165, 1.54) is 19.0 Å². The molecule has 1 atom stereocenters. The molecular formula is C25H36N4O4S. The molecule has 8 nitrogen and oxygen atoms in total. The molecule has 0 unspecified atom stereocenters. The van der Waals surface area contributed by atoms with E-state index in [1.54, 1.807) is 19.9 Å². The van der Waals surface area contributed by atoms with Gasteiger partial charge >= 0.3 is 10.2 Å². The number of carbonyl (C=O) groups is 2. The fourth-order valence-corrected chi connectivity index (χ4v) is 4.60. The monoisotopic (exact) mass is 488 g/mol. The van der Waals surface area contributed by atoms with E-state index in [0.717, 1.165) is 30.9 Å². The summed E-state index contributed by atoms with van der Waals surface area (Å²) in [6.07, 6.45) is 0. The average Bonchev–Trinajstić information content (AvgIpc) is 2.78. The van der Waals surface area contributed by atoms with Crippen LogP contribution in [0, 0.1) is 20.8 Å². The number of aryl methyl sites for hydroxylation is 3. The minimum Gasteiger partial charge on any atom is -0.355 e. The van der Waals surface area contributed by atoms with Gasteiger partial charge in [-0.15, -0.1) is 0 Å². The maximum absolute atomic E-state index is 13.6. The highest BCUT2D eigenvalue weighted by Gasteiger charge is 2.33. The summed E-state index contributed by atoms with van der Waals surface area (Å²) < 4.78 is 28.7. The fourth-order valence-electron chi connectivity index (χ4n) is 3.48. The van der Waals surface area contributed by atoms with Gasteiger partial charge in [0.15, 0.2) is 0 Å². The SMILES string of the molecule is CCNC(=O)[C@H](C)N(Cc1ccc(C)cc1)C(=O)CN(c1cc(C)ccc1C)S(=O)(=O)N(C)C. The Morgan fingerprint density at radius 3 is 2.12 bits per heavy atom. The van der Waals surface area contributed by atoms with E-state index >= 15 is 0 Å². The van der Waals surface area contributed by atoms with Crippen LogP contribution in [-0.2, 0) is 26.3 Å². The maximum atomic E-state index is 13.6. The summed E-state index contributed by atoms with van der Waals surface area (Å²) in [5.41, 5.74) is 3.97. The van der Waals surface area contributed by atoms with E-state index in [2.05, 4.69) is 5.32 Å². The summed E-state index contributed by atoms with van der Waals surface area (Å²) in [6, 6.07) is 12.4. The highest BCUT2D eigenvalue weighted by Crippen LogP contribution is 2.26. The smallest absolute Gasteiger partial charge is 0.304 e. The molecule has 2 aromatic rings. The van der Waals surface area contributed by atoms with Crippen molar-refractivity contribution in [3.8, 4) is 0 Å². The molecule has 0 heterocycles. The van der Waals surface area contributed by atoms with Crippen molar-refractivity contribution < 1.29 is 18.0 Å². The van der Waals surface area contributed by atoms with Crippen LogP contribution in [0.2, 0.25) is 0 Å². The van der Waals surface area contributed by atoms with Gasteiger partial charge in [0.1, 0.15) is 12.6 Å². The van der Waals surface area contributed by atoms with Crippen molar-refractivity contribution in [3.63, 3.8) is 0 Å². The third-order valence-corrected chi connectivity index (χ3v) is 7.45. The molecule has 0 bridgehead atoms. The van der Waals surface area contributed by atoms with Crippen LogP contribution < -0.4 is 9.62 Å². The summed E-state index contributed by atoms with van der Waals surface area (Å²) in [6.45, 7) is 9.28. The molecule has 0 aliphatic heterocycles. The van der Waals surface area contributed by atoms with Crippen LogP contribution in [-0.4, -0.2) is 62.7 Å². The number of hydrogen-bond donors (Lipinski definition) is 1. The zero-order valence-corrected chi connectivity index (χ0v) is 21.9. The van der Waals surface area contributed by atoms with Crippen LogP contribution in [0.3, 0.4) is 0 Å². The predicted octanol–water partition coefficient (Wildman–Crippen LogP) is 2.78. The lowest BCUT2D eigenvalue weighted by Crippen LogP contribution is -2.52. The molecule has 186 valence electrons. The molecule has 0 saturated carbocycles. The van der Waals surface area contributed by atoms with E-state index < -0.39 is 28.7 Å². The molecule has 0 radical (unpaired) electrons. The number of nitrogens with zero attached hydrogens (tertiary/aromatic N) is 3. The number of likely N-dealkylation sites (N-methyl/N-ethyl adjacent to an activating group) is 1. The Labute approximate surface area is 203 Å². The maximum Gasteiger partial charge on any atom is 0.304 e. The zero-order chi connectivity index (χ0) is 25.6. The van der Waals surface area contributed by atoms with Gasteiger partial charge < -0.3 is 10.2 Å². The van der Waals surface area contributed by atoms with Crippen molar-refractivity contribution in [2.45, 2.75) is 47.2 Å². The van der Waals surface area contributed by atoms with Crippen molar-refractivity contribution in [3.05, 3.63) is 64.7 Å². The Balaban J connectivity index is 2.49. The molecule has 0 aliphatic carbocycles. The molecule has 0 aromatic heterocycles. The minimum absolute atomic E-state index is 0.181. The van der Waals surface area contributed by atoms with E-state index in [4.69, 9.17) is 0 Å². The molecular weight excluding hydrogens is 452 g/mol. The molecule has 2 amide bonds. The largest absolute Gasteiger partial charge is 0.355 e. The number of nitrogens with one attached hydrogen (secondary N) is 1. The topological polar surface area (TPSA) is 90.0 Å². The normalized spacial score (nSPS) is 12.4. The highest BCUT2D eigenvalue weighted by molar-refractivity contribution is 7.90. The fraction of sp³-hybridized carbons (Fsp3) is 0.440. The first-order chi connectivity index (χ1) is 15.9. The number of carbonyl (C=O) groups excluding carboxylic acids is 2. The number of rotatable bonds is 10. The molecule has 0 saturated heterocycles. The number of hydrogen-bond acceptors (Lipinski definition) is 4. The Morgan fingerprint density at radius 1 is 0.971 bits per heavy atom. The predicted molar refractivity (Wildman–Crippen MR) is 136 cm³/mol. The van der Waals surface area contributed by atoms with Crippen LogP contribution >= 0.6 is 0 Å². The average molecular weight is 489 g/mol. The van der Waals surface area contributed by atoms with Gasteiger partial charge in [-0.25, -0.2) is 4.31 Å². The van der Waals surface area contributed by atoms with Crippen LogP contribution in [0.1, 0.15) is 36.1 Å². The zero-order valence-electron chi connectivity index (χ0n) is 21.1. The third-order valence-electron chi connectivity index (χ3n) is 5.64. The lowest BCUT2D eigenvalue weighted by molar-refractivity contribution is -0.139. The van der Waals surface area contributed by atoms with E-state index in [1.807, 2.05) is 57.2 Å². The Morgan fingerprint density at radius 2 is 1.56 bits per heavy atom. The first kappa shape index (κ1) is 27.3. The second-order valence-electron chi connectivity index (χ2n) is 8.66. The Bertz CT molecular complexity index is 1110. The number of benzene rings is 2. The summed E-state index contributed by atoms with van der Waals surface area (Å²) in [4.78, 5) is 27.7. The molecule has 2 aromatic carbocycles. The second kappa shape index (κ2) is 11.5. The van der Waals surface area contributed by atoms with Gasteiger partial charge in [0.05, 0.1) is 5.69 Å². The quantitative estimate of drug-likeness (QED) is 0.557. The molecule has 0 spiro atoms. The lowest BCUT2D eigenvalue weighted by Gasteiger charge is -2.33. The van der Waals surface area contributed by atoms with Crippen molar-refractivity contribution in [2.75, 3.05) is 31.5 Å². The second-order valence-corrected chi connectivity index (χ2v) is 10.7. The molecule has 9 heteroatoms. The summed E-state index contributed by atoms with van der Waals surface area (Å²) in [7, 11) is -1.12. The van der Waals surface area contributed by atoms with Gasteiger partial charge in [-0.3, -0.25) is 9.59 Å². The van der Waals surface area contributed by atoms with Crippen molar-refractivity contribution in [1.29, 1.82) is 0 Å². The van der Waals surface area contributed by atoms with Crippen LogP contribution in [0.5, 0.6) is 0 Å². The van der Waals surface area contributed by atoms with Gasteiger partial charge in [0, 0.05) is 27.2 Å². The molecule has 0 fully saturated rings. The Kier molecular flexibility index (Phi) is 9.23. The summed E-state index contributed by atoms with van der Waals surface area (Å²) >= 11 is 0. The highest BCUT2D eigenvalue weighted by atomic mass is 32.2. The van der Waals surface area contributed by atoms with Gasteiger partial charge in [0.2, 0.25) is 11.8 Å². The number of amides is 2.